The highest BCUT2D eigenvalue weighted by Crippen LogP contribution is 2.20. The van der Waals surface area contributed by atoms with E-state index in [9.17, 15) is 9.59 Å². The predicted molar refractivity (Wildman–Crippen MR) is 53.0 cm³/mol. The molecule has 2 atom stereocenters. The number of nitrogens with zero attached hydrogens (tertiary/aromatic N) is 4. The number of amides is 1. The number of aryl methyl sites for hydroxylation is 1. The van der Waals surface area contributed by atoms with Crippen molar-refractivity contribution in [3.8, 4) is 0 Å². The summed E-state index contributed by atoms with van der Waals surface area (Å²) in [4.78, 5) is 23.5. The van der Waals surface area contributed by atoms with Gasteiger partial charge in [-0.1, -0.05) is 5.10 Å². The number of carboxylic acids is 1. The Balaban J connectivity index is 1.91. The van der Waals surface area contributed by atoms with Crippen LogP contribution in [-0.2, 0) is 21.4 Å². The van der Waals surface area contributed by atoms with Crippen LogP contribution >= 0.6 is 0 Å². The number of hydrogen-bond acceptors (Lipinski definition) is 6. The van der Waals surface area contributed by atoms with Gasteiger partial charge in [0, 0.05) is 0 Å². The Morgan fingerprint density at radius 2 is 2.18 bits per heavy atom. The molecule has 1 aliphatic rings. The summed E-state index contributed by atoms with van der Waals surface area (Å²) in [5.74, 6) is -1.44. The Kier molecular flexibility index (Phi) is 3.00. The second-order valence-electron chi connectivity index (χ2n) is 3.62. The number of nitrogens with one attached hydrogen (secondary N) is 1. The molecular weight excluding hydrogens is 230 g/mol. The Labute approximate surface area is 95.7 Å². The molecule has 9 nitrogen and oxygen atoms in total. The van der Waals surface area contributed by atoms with Gasteiger partial charge in [0.05, 0.1) is 7.05 Å². The highest BCUT2D eigenvalue weighted by Gasteiger charge is 2.35. The molecule has 1 aromatic heterocycles. The first kappa shape index (κ1) is 11.5. The monoisotopic (exact) mass is 241 g/mol. The van der Waals surface area contributed by atoms with Gasteiger partial charge in [-0.2, -0.15) is 4.80 Å². The summed E-state index contributed by atoms with van der Waals surface area (Å²) in [6, 6.07) is 0. The summed E-state index contributed by atoms with van der Waals surface area (Å²) < 4.78 is 5.07. The van der Waals surface area contributed by atoms with Gasteiger partial charge in [-0.3, -0.25) is 10.1 Å². The van der Waals surface area contributed by atoms with Gasteiger partial charge >= 0.3 is 5.97 Å². The summed E-state index contributed by atoms with van der Waals surface area (Å²) in [5.41, 5.74) is 0. The number of hydrogen-bond donors (Lipinski definition) is 2. The predicted octanol–water partition coefficient (Wildman–Crippen LogP) is -1.22. The van der Waals surface area contributed by atoms with Crippen molar-refractivity contribution in [1.29, 1.82) is 0 Å². The van der Waals surface area contributed by atoms with Crippen molar-refractivity contribution in [3.63, 3.8) is 0 Å². The Morgan fingerprint density at radius 1 is 1.47 bits per heavy atom. The van der Waals surface area contributed by atoms with Crippen molar-refractivity contribution in [1.82, 2.24) is 20.2 Å². The van der Waals surface area contributed by atoms with Gasteiger partial charge < -0.3 is 9.84 Å². The largest absolute Gasteiger partial charge is 0.479 e. The second kappa shape index (κ2) is 4.45. The molecule has 0 aromatic carbocycles. The first-order valence-corrected chi connectivity index (χ1v) is 4.99. The SMILES string of the molecule is Cn1nnc(NC(=O)C2CCC(C(=O)O)O2)n1. The fourth-order valence-electron chi connectivity index (χ4n) is 1.54. The van der Waals surface area contributed by atoms with Crippen LogP contribution in [0.2, 0.25) is 0 Å². The van der Waals surface area contributed by atoms with E-state index in [1.165, 1.54) is 4.80 Å². The van der Waals surface area contributed by atoms with E-state index in [1.54, 1.807) is 7.05 Å². The lowest BCUT2D eigenvalue weighted by atomic mass is 10.2. The van der Waals surface area contributed by atoms with E-state index in [0.717, 1.165) is 0 Å². The van der Waals surface area contributed by atoms with Crippen molar-refractivity contribution < 1.29 is 19.4 Å². The molecule has 2 heterocycles. The molecule has 0 radical (unpaired) electrons. The zero-order valence-electron chi connectivity index (χ0n) is 9.03. The minimum atomic E-state index is -1.06. The first-order chi connectivity index (χ1) is 8.06. The molecule has 0 spiro atoms. The lowest BCUT2D eigenvalue weighted by Crippen LogP contribution is -2.30. The lowest BCUT2D eigenvalue weighted by Gasteiger charge is -2.09. The van der Waals surface area contributed by atoms with Gasteiger partial charge in [0.25, 0.3) is 11.9 Å². The highest BCUT2D eigenvalue weighted by atomic mass is 16.5. The third-order valence-electron chi connectivity index (χ3n) is 2.33. The van der Waals surface area contributed by atoms with Crippen molar-refractivity contribution >= 4 is 17.8 Å². The maximum atomic E-state index is 11.6. The third kappa shape index (κ3) is 2.56. The van der Waals surface area contributed by atoms with Crippen LogP contribution in [0.3, 0.4) is 0 Å². The Morgan fingerprint density at radius 3 is 2.71 bits per heavy atom. The van der Waals surface area contributed by atoms with Crippen molar-refractivity contribution in [2.24, 2.45) is 7.05 Å². The molecule has 1 aliphatic heterocycles. The normalized spacial score (nSPS) is 23.6. The molecule has 0 saturated carbocycles. The second-order valence-corrected chi connectivity index (χ2v) is 3.62. The van der Waals surface area contributed by atoms with Crippen molar-refractivity contribution in [2.45, 2.75) is 25.0 Å². The van der Waals surface area contributed by atoms with E-state index < -0.39 is 24.1 Å². The lowest BCUT2D eigenvalue weighted by molar-refractivity contribution is -0.150. The number of anilines is 1. The van der Waals surface area contributed by atoms with Crippen LogP contribution in [0.4, 0.5) is 5.95 Å². The van der Waals surface area contributed by atoms with Crippen molar-refractivity contribution in [3.05, 3.63) is 0 Å². The molecule has 1 fully saturated rings. The number of carbonyl (C=O) groups is 2. The van der Waals surface area contributed by atoms with Crippen LogP contribution < -0.4 is 5.32 Å². The minimum absolute atomic E-state index is 0.0693. The van der Waals surface area contributed by atoms with Crippen LogP contribution in [0.25, 0.3) is 0 Å². The standard InChI is InChI=1S/C8H11N5O4/c1-13-11-8(10-12-13)9-6(14)4-2-3-5(17-4)7(15)16/h4-5H,2-3H2,1H3,(H,15,16)(H,9,11,14). The van der Waals surface area contributed by atoms with E-state index in [4.69, 9.17) is 9.84 Å². The number of rotatable bonds is 3. The van der Waals surface area contributed by atoms with Crippen LogP contribution in [0.5, 0.6) is 0 Å². The number of aliphatic carboxylic acids is 1. The summed E-state index contributed by atoms with van der Waals surface area (Å²) >= 11 is 0. The summed E-state index contributed by atoms with van der Waals surface area (Å²) in [5, 5.41) is 22.0. The molecule has 92 valence electrons. The molecule has 1 aromatic rings. The van der Waals surface area contributed by atoms with Gasteiger partial charge in [-0.25, -0.2) is 4.79 Å². The fourth-order valence-corrected chi connectivity index (χ4v) is 1.54. The summed E-state index contributed by atoms with van der Waals surface area (Å²) in [6.45, 7) is 0. The molecule has 0 bridgehead atoms. The number of ether oxygens (including phenoxy) is 1. The molecule has 2 rings (SSSR count). The average Bonchev–Trinajstić information content (AvgIpc) is 2.86. The molecule has 2 N–H and O–H groups in total. The van der Waals surface area contributed by atoms with Gasteiger partial charge in [0.15, 0.2) is 6.10 Å². The third-order valence-corrected chi connectivity index (χ3v) is 2.33. The van der Waals surface area contributed by atoms with Crippen LogP contribution in [0.15, 0.2) is 0 Å². The fraction of sp³-hybridized carbons (Fsp3) is 0.625. The smallest absolute Gasteiger partial charge is 0.332 e. The van der Waals surface area contributed by atoms with Gasteiger partial charge in [0.1, 0.15) is 6.10 Å². The van der Waals surface area contributed by atoms with E-state index in [2.05, 4.69) is 20.7 Å². The topological polar surface area (TPSA) is 119 Å². The minimum Gasteiger partial charge on any atom is -0.479 e. The molecule has 2 unspecified atom stereocenters. The highest BCUT2D eigenvalue weighted by molar-refractivity contribution is 5.93. The van der Waals surface area contributed by atoms with Gasteiger partial charge in [-0.15, -0.1) is 5.10 Å². The molecule has 9 heteroatoms. The average molecular weight is 241 g/mol. The van der Waals surface area contributed by atoms with E-state index >= 15 is 0 Å². The number of carbonyl (C=O) groups excluding carboxylic acids is 1. The number of carboxylic acid groups (broad SMARTS) is 1. The molecule has 17 heavy (non-hydrogen) atoms. The quantitative estimate of drug-likeness (QED) is 0.680. The molecule has 1 amide bonds. The van der Waals surface area contributed by atoms with Crippen LogP contribution in [0.1, 0.15) is 12.8 Å². The van der Waals surface area contributed by atoms with E-state index in [0.29, 0.717) is 12.8 Å². The molecule has 0 aliphatic carbocycles. The Bertz CT molecular complexity index is 445. The molecule has 1 saturated heterocycles. The zero-order valence-corrected chi connectivity index (χ0v) is 9.03. The number of tetrazole rings is 1. The van der Waals surface area contributed by atoms with Crippen LogP contribution in [0, 0.1) is 0 Å². The van der Waals surface area contributed by atoms with Crippen molar-refractivity contribution in [2.75, 3.05) is 5.32 Å². The molecular formula is C8H11N5O4. The van der Waals surface area contributed by atoms with Crippen LogP contribution in [-0.4, -0.2) is 49.4 Å². The summed E-state index contributed by atoms with van der Waals surface area (Å²) in [7, 11) is 1.56. The zero-order chi connectivity index (χ0) is 12.4. The van der Waals surface area contributed by atoms with E-state index in [-0.39, 0.29) is 5.95 Å². The Hall–Kier alpha value is -2.03. The maximum Gasteiger partial charge on any atom is 0.332 e. The van der Waals surface area contributed by atoms with Gasteiger partial charge in [-0.05, 0) is 18.1 Å². The number of aromatic nitrogens is 4. The first-order valence-electron chi connectivity index (χ1n) is 4.99. The van der Waals surface area contributed by atoms with E-state index in [1.807, 2.05) is 0 Å². The van der Waals surface area contributed by atoms with Gasteiger partial charge in [0.2, 0.25) is 0 Å². The summed E-state index contributed by atoms with van der Waals surface area (Å²) in [6.07, 6.45) is -1.01. The maximum absolute atomic E-state index is 11.6.